The molecule has 0 radical (unpaired) electrons. The lowest BCUT2D eigenvalue weighted by molar-refractivity contribution is -0.148. The molecule has 0 aromatic heterocycles. The zero-order valence-corrected chi connectivity index (χ0v) is 10.4. The zero-order chi connectivity index (χ0) is 14.3. The van der Waals surface area contributed by atoms with Crippen molar-refractivity contribution >= 4 is 11.9 Å². The van der Waals surface area contributed by atoms with Crippen molar-refractivity contribution in [1.82, 2.24) is 5.32 Å². The molecule has 6 nitrogen and oxygen atoms in total. The number of carbonyl (C=O) groups excluding carboxylic acids is 1. The topological polar surface area (TPSA) is 99.4 Å². The van der Waals surface area contributed by atoms with Crippen molar-refractivity contribution in [3.05, 3.63) is 35.4 Å². The van der Waals surface area contributed by atoms with E-state index in [9.17, 15) is 9.59 Å². The summed E-state index contributed by atoms with van der Waals surface area (Å²) in [7, 11) is 1.27. The summed E-state index contributed by atoms with van der Waals surface area (Å²) >= 11 is 0. The SMILES string of the molecule is COC(CNC(=O)c1ccc(CC#N)cc1)C(=O)O. The smallest absolute Gasteiger partial charge is 0.334 e. The second kappa shape index (κ2) is 7.13. The van der Waals surface area contributed by atoms with E-state index in [4.69, 9.17) is 15.1 Å². The van der Waals surface area contributed by atoms with Gasteiger partial charge >= 0.3 is 5.97 Å². The third-order valence-corrected chi connectivity index (χ3v) is 2.51. The fraction of sp³-hybridized carbons (Fsp3) is 0.308. The number of benzene rings is 1. The highest BCUT2D eigenvalue weighted by atomic mass is 16.5. The molecular weight excluding hydrogens is 248 g/mol. The van der Waals surface area contributed by atoms with Crippen LogP contribution in [0.5, 0.6) is 0 Å². The van der Waals surface area contributed by atoms with E-state index in [1.165, 1.54) is 7.11 Å². The van der Waals surface area contributed by atoms with Crippen LogP contribution in [-0.2, 0) is 16.0 Å². The number of aliphatic carboxylic acids is 1. The average Bonchev–Trinajstić information content (AvgIpc) is 2.40. The van der Waals surface area contributed by atoms with Crippen molar-refractivity contribution in [1.29, 1.82) is 5.26 Å². The van der Waals surface area contributed by atoms with Crippen LogP contribution in [-0.4, -0.2) is 36.7 Å². The fourth-order valence-electron chi connectivity index (χ4n) is 1.42. The van der Waals surface area contributed by atoms with Gasteiger partial charge < -0.3 is 15.2 Å². The first-order chi connectivity index (χ1) is 9.08. The van der Waals surface area contributed by atoms with E-state index in [1.54, 1.807) is 24.3 Å². The highest BCUT2D eigenvalue weighted by molar-refractivity contribution is 5.94. The van der Waals surface area contributed by atoms with Crippen LogP contribution in [0.1, 0.15) is 15.9 Å². The minimum absolute atomic E-state index is 0.107. The number of carboxylic acid groups (broad SMARTS) is 1. The van der Waals surface area contributed by atoms with Crippen molar-refractivity contribution in [2.45, 2.75) is 12.5 Å². The van der Waals surface area contributed by atoms with Gasteiger partial charge in [0, 0.05) is 12.7 Å². The normalized spacial score (nSPS) is 11.4. The maximum absolute atomic E-state index is 11.7. The minimum atomic E-state index is -1.13. The molecule has 6 heteroatoms. The van der Waals surface area contributed by atoms with Gasteiger partial charge in [0.15, 0.2) is 6.10 Å². The van der Waals surface area contributed by atoms with Crippen molar-refractivity contribution in [2.75, 3.05) is 13.7 Å². The summed E-state index contributed by atoms with van der Waals surface area (Å²) < 4.78 is 4.70. The summed E-state index contributed by atoms with van der Waals surface area (Å²) in [5.41, 5.74) is 1.22. The lowest BCUT2D eigenvalue weighted by Gasteiger charge is -2.11. The highest BCUT2D eigenvalue weighted by Crippen LogP contribution is 2.05. The molecule has 1 unspecified atom stereocenters. The Morgan fingerprint density at radius 1 is 1.42 bits per heavy atom. The number of carbonyl (C=O) groups is 2. The van der Waals surface area contributed by atoms with Gasteiger partial charge in [0.1, 0.15) is 0 Å². The van der Waals surface area contributed by atoms with Gasteiger partial charge in [-0.2, -0.15) is 5.26 Å². The summed E-state index contributed by atoms with van der Waals surface area (Å²) in [6, 6.07) is 8.55. The molecule has 0 aliphatic carbocycles. The molecule has 1 rings (SSSR count). The third kappa shape index (κ3) is 4.41. The maximum atomic E-state index is 11.7. The molecule has 1 aromatic rings. The largest absolute Gasteiger partial charge is 0.479 e. The van der Waals surface area contributed by atoms with Gasteiger partial charge in [-0.1, -0.05) is 12.1 Å². The van der Waals surface area contributed by atoms with Crippen LogP contribution in [0.25, 0.3) is 0 Å². The first kappa shape index (κ1) is 14.7. The Hall–Kier alpha value is -2.39. The molecule has 0 heterocycles. The number of nitrogens with zero attached hydrogens (tertiary/aromatic N) is 1. The van der Waals surface area contributed by atoms with Gasteiger partial charge in [-0.05, 0) is 17.7 Å². The predicted molar refractivity (Wildman–Crippen MR) is 66.5 cm³/mol. The van der Waals surface area contributed by atoms with Gasteiger partial charge in [0.25, 0.3) is 5.91 Å². The number of nitrogens with one attached hydrogen (secondary N) is 1. The molecule has 0 fully saturated rings. The monoisotopic (exact) mass is 262 g/mol. The summed E-state index contributed by atoms with van der Waals surface area (Å²) in [5.74, 6) is -1.51. The summed E-state index contributed by atoms with van der Waals surface area (Å²) in [5, 5.41) is 19.7. The average molecular weight is 262 g/mol. The van der Waals surface area contributed by atoms with Crippen molar-refractivity contribution < 1.29 is 19.4 Å². The quantitative estimate of drug-likeness (QED) is 0.781. The molecule has 100 valence electrons. The Balaban J connectivity index is 2.58. The third-order valence-electron chi connectivity index (χ3n) is 2.51. The van der Waals surface area contributed by atoms with E-state index in [1.807, 2.05) is 6.07 Å². The number of amides is 1. The van der Waals surface area contributed by atoms with Crippen molar-refractivity contribution in [3.63, 3.8) is 0 Å². The number of hydrogen-bond acceptors (Lipinski definition) is 4. The molecule has 0 aliphatic rings. The summed E-state index contributed by atoms with van der Waals surface area (Å²) in [4.78, 5) is 22.4. The standard InChI is InChI=1S/C13H14N2O4/c1-19-11(13(17)18)8-15-12(16)10-4-2-9(3-5-10)6-7-14/h2-5,11H,6,8H2,1H3,(H,15,16)(H,17,18). The van der Waals surface area contributed by atoms with Crippen LogP contribution >= 0.6 is 0 Å². The van der Waals surface area contributed by atoms with Crippen LogP contribution < -0.4 is 5.32 Å². The Morgan fingerprint density at radius 3 is 2.53 bits per heavy atom. The molecular formula is C13H14N2O4. The molecule has 2 N–H and O–H groups in total. The Labute approximate surface area is 110 Å². The van der Waals surface area contributed by atoms with Gasteiger partial charge in [-0.25, -0.2) is 4.79 Å². The van der Waals surface area contributed by atoms with E-state index in [0.29, 0.717) is 5.56 Å². The second-order valence-corrected chi connectivity index (χ2v) is 3.80. The molecule has 1 atom stereocenters. The van der Waals surface area contributed by atoms with E-state index in [0.717, 1.165) is 5.56 Å². The molecule has 1 aromatic carbocycles. The molecule has 1 amide bonds. The summed E-state index contributed by atoms with van der Waals surface area (Å²) in [6.45, 7) is -0.107. The van der Waals surface area contributed by atoms with Gasteiger partial charge in [-0.3, -0.25) is 4.79 Å². The highest BCUT2D eigenvalue weighted by Gasteiger charge is 2.17. The number of ether oxygens (including phenoxy) is 1. The fourth-order valence-corrected chi connectivity index (χ4v) is 1.42. The molecule has 0 bridgehead atoms. The number of carboxylic acids is 1. The van der Waals surface area contributed by atoms with Crippen molar-refractivity contribution in [3.8, 4) is 6.07 Å². The van der Waals surface area contributed by atoms with Crippen LogP contribution in [0.3, 0.4) is 0 Å². The van der Waals surface area contributed by atoms with Crippen LogP contribution in [0.4, 0.5) is 0 Å². The molecule has 0 spiro atoms. The van der Waals surface area contributed by atoms with Gasteiger partial charge in [0.2, 0.25) is 0 Å². The number of nitriles is 1. The van der Waals surface area contributed by atoms with Gasteiger partial charge in [-0.15, -0.1) is 0 Å². The Kier molecular flexibility index (Phi) is 5.51. The van der Waals surface area contributed by atoms with E-state index >= 15 is 0 Å². The predicted octanol–water partition coefficient (Wildman–Crippen LogP) is 0.582. The summed E-state index contributed by atoms with van der Waals surface area (Å²) in [6.07, 6.45) is -0.783. The first-order valence-electron chi connectivity index (χ1n) is 5.58. The molecule has 0 aliphatic heterocycles. The Morgan fingerprint density at radius 2 is 2.05 bits per heavy atom. The lowest BCUT2D eigenvalue weighted by atomic mass is 10.1. The van der Waals surface area contributed by atoms with Gasteiger partial charge in [0.05, 0.1) is 19.0 Å². The number of hydrogen-bond donors (Lipinski definition) is 2. The van der Waals surface area contributed by atoms with Crippen LogP contribution in [0.15, 0.2) is 24.3 Å². The number of methoxy groups -OCH3 is 1. The van der Waals surface area contributed by atoms with Crippen LogP contribution in [0, 0.1) is 11.3 Å². The maximum Gasteiger partial charge on any atom is 0.334 e. The van der Waals surface area contributed by atoms with E-state index < -0.39 is 12.1 Å². The molecule has 0 saturated heterocycles. The second-order valence-electron chi connectivity index (χ2n) is 3.80. The Bertz CT molecular complexity index is 490. The van der Waals surface area contributed by atoms with Crippen molar-refractivity contribution in [2.24, 2.45) is 0 Å². The number of rotatable bonds is 6. The van der Waals surface area contributed by atoms with Crippen LogP contribution in [0.2, 0.25) is 0 Å². The lowest BCUT2D eigenvalue weighted by Crippen LogP contribution is -2.37. The minimum Gasteiger partial charge on any atom is -0.479 e. The molecule has 0 saturated carbocycles. The first-order valence-corrected chi connectivity index (χ1v) is 5.58. The van der Waals surface area contributed by atoms with E-state index in [2.05, 4.69) is 5.32 Å². The molecule has 19 heavy (non-hydrogen) atoms. The zero-order valence-electron chi connectivity index (χ0n) is 10.4. The van der Waals surface area contributed by atoms with E-state index in [-0.39, 0.29) is 18.9 Å².